The Labute approximate surface area is 67.1 Å². The van der Waals surface area contributed by atoms with Gasteiger partial charge in [0.25, 0.3) is 5.91 Å². The quantitative estimate of drug-likeness (QED) is 0.443. The summed E-state index contributed by atoms with van der Waals surface area (Å²) in [6.07, 6.45) is 1.24. The number of carbonyl (C=O) groups is 2. The Morgan fingerprint density at radius 3 is 3.08 bits per heavy atom. The van der Waals surface area contributed by atoms with Crippen LogP contribution in [0.3, 0.4) is 0 Å². The number of nitrogens with one attached hydrogen (secondary N) is 1. The molecule has 0 spiro atoms. The average Bonchev–Trinajstić information content (AvgIpc) is 2.43. The molecule has 0 aromatic rings. The Morgan fingerprint density at radius 2 is 2.25 bits per heavy atom. The van der Waals surface area contributed by atoms with Crippen LogP contribution in [0.4, 0.5) is 0 Å². The van der Waals surface area contributed by atoms with Crippen LogP contribution in [0.1, 0.15) is 0 Å². The topological polar surface area (TPSA) is 83.2 Å². The van der Waals surface area contributed by atoms with E-state index in [-0.39, 0.29) is 18.1 Å². The van der Waals surface area contributed by atoms with Crippen LogP contribution in [-0.2, 0) is 9.59 Å². The van der Waals surface area contributed by atoms with E-state index >= 15 is 0 Å². The van der Waals surface area contributed by atoms with Crippen molar-refractivity contribution in [1.82, 2.24) is 5.32 Å². The molecule has 2 aliphatic rings. The van der Waals surface area contributed by atoms with Crippen molar-refractivity contribution in [3.63, 3.8) is 0 Å². The maximum atomic E-state index is 11.1. The number of hydrogen-bond acceptors (Lipinski definition) is 5. The molecule has 6 nitrogen and oxygen atoms in total. The molecule has 12 heavy (non-hydrogen) atoms. The Hall–Kier alpha value is -1.85. The van der Waals surface area contributed by atoms with E-state index in [4.69, 9.17) is 0 Å². The lowest BCUT2D eigenvalue weighted by atomic mass is 10.3. The van der Waals surface area contributed by atoms with Gasteiger partial charge in [0.15, 0.2) is 11.5 Å². The molecule has 0 aromatic heterocycles. The van der Waals surface area contributed by atoms with Crippen LogP contribution in [0, 0.1) is 0 Å². The normalized spacial score (nSPS) is 21.0. The van der Waals surface area contributed by atoms with Gasteiger partial charge in [-0.05, 0) is 0 Å². The first-order valence-electron chi connectivity index (χ1n) is 3.27. The van der Waals surface area contributed by atoms with Gasteiger partial charge in [-0.3, -0.25) is 19.9 Å². The molecule has 0 saturated heterocycles. The highest BCUT2D eigenvalue weighted by molar-refractivity contribution is 6.70. The third-order valence-electron chi connectivity index (χ3n) is 1.42. The Balaban J connectivity index is 2.42. The zero-order chi connectivity index (χ0) is 8.55. The molecule has 0 aliphatic carbocycles. The minimum atomic E-state index is -0.534. The van der Waals surface area contributed by atoms with Crippen LogP contribution >= 0.6 is 0 Å². The Morgan fingerprint density at radius 1 is 1.42 bits per heavy atom. The third kappa shape index (κ3) is 0.931. The molecular weight excluding hydrogens is 160 g/mol. The Bertz CT molecular complexity index is 353. The van der Waals surface area contributed by atoms with E-state index < -0.39 is 11.8 Å². The van der Waals surface area contributed by atoms with Gasteiger partial charge >= 0.3 is 0 Å². The summed E-state index contributed by atoms with van der Waals surface area (Å²) < 4.78 is 0. The van der Waals surface area contributed by atoms with Crippen molar-refractivity contribution in [3.8, 4) is 0 Å². The van der Waals surface area contributed by atoms with Gasteiger partial charge in [0.05, 0.1) is 0 Å². The van der Waals surface area contributed by atoms with Crippen molar-refractivity contribution in [2.24, 2.45) is 15.0 Å². The molecular formula is C6H4N4O2. The molecule has 0 saturated carbocycles. The minimum Gasteiger partial charge on any atom is -0.289 e. The van der Waals surface area contributed by atoms with Gasteiger partial charge in [0, 0.05) is 0 Å². The summed E-state index contributed by atoms with van der Waals surface area (Å²) in [4.78, 5) is 33.0. The van der Waals surface area contributed by atoms with E-state index in [1.165, 1.54) is 6.34 Å². The highest BCUT2D eigenvalue weighted by Gasteiger charge is 2.25. The molecule has 0 radical (unpaired) electrons. The first-order valence-corrected chi connectivity index (χ1v) is 3.27. The standard InChI is InChI=1S/C6H4N4O2/c11-3-1-7-5-4(6(12)10-3)8-2-9-5/h2H,1H2,(H,10,11,12). The van der Waals surface area contributed by atoms with Crippen LogP contribution in [0.2, 0.25) is 0 Å². The molecule has 0 aromatic carbocycles. The zero-order valence-corrected chi connectivity index (χ0v) is 5.94. The second kappa shape index (κ2) is 2.33. The number of rotatable bonds is 0. The van der Waals surface area contributed by atoms with Crippen molar-refractivity contribution in [3.05, 3.63) is 0 Å². The van der Waals surface area contributed by atoms with Gasteiger partial charge in [-0.2, -0.15) is 0 Å². The summed E-state index contributed by atoms with van der Waals surface area (Å²) in [6.45, 7) is -0.0720. The van der Waals surface area contributed by atoms with Crippen molar-refractivity contribution in [2.45, 2.75) is 0 Å². The lowest BCUT2D eigenvalue weighted by Crippen LogP contribution is -2.36. The van der Waals surface area contributed by atoms with Gasteiger partial charge in [-0.25, -0.2) is 9.98 Å². The van der Waals surface area contributed by atoms with E-state index in [9.17, 15) is 9.59 Å². The molecule has 2 amide bonds. The lowest BCUT2D eigenvalue weighted by Gasteiger charge is -1.94. The monoisotopic (exact) mass is 164 g/mol. The predicted molar refractivity (Wildman–Crippen MR) is 41.4 cm³/mol. The van der Waals surface area contributed by atoms with Crippen LogP contribution < -0.4 is 5.32 Å². The third-order valence-corrected chi connectivity index (χ3v) is 1.42. The van der Waals surface area contributed by atoms with Gasteiger partial charge in [0.1, 0.15) is 12.9 Å². The number of amides is 2. The second-order valence-corrected chi connectivity index (χ2v) is 2.24. The van der Waals surface area contributed by atoms with Crippen molar-refractivity contribution in [2.75, 3.05) is 6.54 Å². The second-order valence-electron chi connectivity index (χ2n) is 2.24. The van der Waals surface area contributed by atoms with Crippen LogP contribution in [0.25, 0.3) is 0 Å². The smallest absolute Gasteiger partial charge is 0.280 e. The first kappa shape index (κ1) is 6.84. The molecule has 0 atom stereocenters. The van der Waals surface area contributed by atoms with Crippen molar-refractivity contribution in [1.29, 1.82) is 0 Å². The summed E-state index contributed by atoms with van der Waals surface area (Å²) >= 11 is 0. The molecule has 1 N–H and O–H groups in total. The van der Waals surface area contributed by atoms with Gasteiger partial charge < -0.3 is 0 Å². The van der Waals surface area contributed by atoms with Crippen LogP contribution in [-0.4, -0.2) is 36.2 Å². The SMILES string of the molecule is O=C1CN=C2N=CN=C2C(=O)N1. The summed E-state index contributed by atoms with van der Waals surface area (Å²) in [5.41, 5.74) is 0.112. The van der Waals surface area contributed by atoms with E-state index in [0.717, 1.165) is 0 Å². The minimum absolute atomic E-state index is 0.0720. The zero-order valence-electron chi connectivity index (χ0n) is 5.94. The maximum Gasteiger partial charge on any atom is 0.280 e. The molecule has 2 heterocycles. The summed E-state index contributed by atoms with van der Waals surface area (Å²) in [6, 6.07) is 0. The summed E-state index contributed by atoms with van der Waals surface area (Å²) in [5, 5.41) is 2.11. The summed E-state index contributed by atoms with van der Waals surface area (Å²) in [5.74, 6) is -0.730. The van der Waals surface area contributed by atoms with Crippen LogP contribution in [0.5, 0.6) is 0 Å². The highest BCUT2D eigenvalue weighted by atomic mass is 16.2. The fraction of sp³-hybridized carbons (Fsp3) is 0.167. The fourth-order valence-corrected chi connectivity index (χ4v) is 0.908. The fourth-order valence-electron chi connectivity index (χ4n) is 0.908. The number of hydrogen-bond donors (Lipinski definition) is 1. The number of imide groups is 1. The number of nitrogens with zero attached hydrogens (tertiary/aromatic N) is 3. The van der Waals surface area contributed by atoms with E-state index in [1.54, 1.807) is 0 Å². The molecule has 0 fully saturated rings. The first-order chi connectivity index (χ1) is 5.77. The van der Waals surface area contributed by atoms with Crippen molar-refractivity contribution >= 4 is 29.7 Å². The number of carbonyl (C=O) groups excluding carboxylic acids is 2. The molecule has 6 heteroatoms. The van der Waals surface area contributed by atoms with E-state index in [1.807, 2.05) is 0 Å². The number of aliphatic imine (C=N–C) groups is 3. The van der Waals surface area contributed by atoms with Crippen molar-refractivity contribution < 1.29 is 9.59 Å². The predicted octanol–water partition coefficient (Wildman–Crippen LogP) is -1.48. The molecule has 2 rings (SSSR count). The highest BCUT2D eigenvalue weighted by Crippen LogP contribution is 1.98. The van der Waals surface area contributed by atoms with Crippen LogP contribution in [0.15, 0.2) is 15.0 Å². The van der Waals surface area contributed by atoms with Gasteiger partial charge in [-0.15, -0.1) is 0 Å². The van der Waals surface area contributed by atoms with Gasteiger partial charge in [-0.1, -0.05) is 0 Å². The average molecular weight is 164 g/mol. The maximum absolute atomic E-state index is 11.1. The lowest BCUT2D eigenvalue weighted by molar-refractivity contribution is -0.126. The largest absolute Gasteiger partial charge is 0.289 e. The summed E-state index contributed by atoms with van der Waals surface area (Å²) in [7, 11) is 0. The number of amidine groups is 1. The van der Waals surface area contributed by atoms with E-state index in [2.05, 4.69) is 20.3 Å². The molecule has 2 aliphatic heterocycles. The van der Waals surface area contributed by atoms with Gasteiger partial charge in [0.2, 0.25) is 5.91 Å². The Kier molecular flexibility index (Phi) is 1.33. The number of fused-ring (bicyclic) bond motifs is 1. The van der Waals surface area contributed by atoms with E-state index in [0.29, 0.717) is 0 Å². The molecule has 60 valence electrons. The molecule has 0 unspecified atom stereocenters. The molecule has 0 bridgehead atoms.